The van der Waals surface area contributed by atoms with Crippen LogP contribution in [0.2, 0.25) is 0 Å². The number of unbranched alkanes of at least 4 members (excludes halogenated alkanes) is 3. The summed E-state index contributed by atoms with van der Waals surface area (Å²) in [5.41, 5.74) is 0. The van der Waals surface area contributed by atoms with Crippen molar-refractivity contribution in [1.82, 2.24) is 10.6 Å². The van der Waals surface area contributed by atoms with Crippen LogP contribution >= 0.6 is 0 Å². The third-order valence-corrected chi connectivity index (χ3v) is 2.48. The highest BCUT2D eigenvalue weighted by atomic mass is 16.2. The van der Waals surface area contributed by atoms with Gasteiger partial charge < -0.3 is 15.7 Å². The van der Waals surface area contributed by atoms with Crippen LogP contribution in [0.1, 0.15) is 46.0 Å². The van der Waals surface area contributed by atoms with Gasteiger partial charge >= 0.3 is 0 Å². The maximum atomic E-state index is 11.5. The fourth-order valence-corrected chi connectivity index (χ4v) is 1.40. The van der Waals surface area contributed by atoms with E-state index in [1.807, 2.05) is 13.8 Å². The van der Waals surface area contributed by atoms with E-state index in [1.54, 1.807) is 0 Å². The number of aliphatic hydroxyl groups excluding tert-OH is 1. The molecule has 16 heavy (non-hydrogen) atoms. The smallest absolute Gasteiger partial charge is 0.236 e. The average molecular weight is 230 g/mol. The summed E-state index contributed by atoms with van der Waals surface area (Å²) >= 11 is 0. The number of amides is 1. The minimum Gasteiger partial charge on any atom is -0.396 e. The fourth-order valence-electron chi connectivity index (χ4n) is 1.40. The lowest BCUT2D eigenvalue weighted by Gasteiger charge is -2.13. The molecule has 0 saturated carbocycles. The topological polar surface area (TPSA) is 61.4 Å². The lowest BCUT2D eigenvalue weighted by molar-refractivity contribution is -0.122. The molecular formula is C12H26N2O2. The minimum absolute atomic E-state index is 0.0807. The van der Waals surface area contributed by atoms with Gasteiger partial charge in [-0.15, -0.1) is 0 Å². The molecule has 0 fully saturated rings. The molecule has 0 aromatic carbocycles. The van der Waals surface area contributed by atoms with E-state index in [2.05, 4.69) is 10.6 Å². The van der Waals surface area contributed by atoms with Gasteiger partial charge in [-0.2, -0.15) is 0 Å². The number of aliphatic hydroxyl groups is 1. The highest BCUT2D eigenvalue weighted by molar-refractivity contribution is 5.81. The first-order valence-electron chi connectivity index (χ1n) is 6.34. The highest BCUT2D eigenvalue weighted by Gasteiger charge is 2.09. The summed E-state index contributed by atoms with van der Waals surface area (Å²) in [6.07, 6.45) is 5.09. The van der Waals surface area contributed by atoms with Gasteiger partial charge in [0.05, 0.1) is 6.04 Å². The van der Waals surface area contributed by atoms with Gasteiger partial charge in [0.1, 0.15) is 0 Å². The van der Waals surface area contributed by atoms with Gasteiger partial charge in [-0.05, 0) is 32.7 Å². The molecule has 1 amide bonds. The van der Waals surface area contributed by atoms with Crippen molar-refractivity contribution in [3.63, 3.8) is 0 Å². The van der Waals surface area contributed by atoms with Crippen LogP contribution in [0.15, 0.2) is 0 Å². The van der Waals surface area contributed by atoms with Crippen molar-refractivity contribution in [3.8, 4) is 0 Å². The molecule has 0 spiro atoms. The molecular weight excluding hydrogens is 204 g/mol. The van der Waals surface area contributed by atoms with E-state index in [4.69, 9.17) is 5.11 Å². The second-order valence-electron chi connectivity index (χ2n) is 4.10. The molecule has 0 rings (SSSR count). The Morgan fingerprint density at radius 2 is 1.88 bits per heavy atom. The quantitative estimate of drug-likeness (QED) is 0.491. The fraction of sp³-hybridized carbons (Fsp3) is 0.917. The van der Waals surface area contributed by atoms with Crippen molar-refractivity contribution in [1.29, 1.82) is 0 Å². The Kier molecular flexibility index (Phi) is 10.5. The molecule has 0 radical (unpaired) electrons. The maximum Gasteiger partial charge on any atom is 0.236 e. The molecule has 0 aromatic heterocycles. The Labute approximate surface area is 98.8 Å². The van der Waals surface area contributed by atoms with E-state index in [0.717, 1.165) is 45.2 Å². The van der Waals surface area contributed by atoms with E-state index in [-0.39, 0.29) is 18.6 Å². The van der Waals surface area contributed by atoms with E-state index in [9.17, 15) is 4.79 Å². The van der Waals surface area contributed by atoms with E-state index in [0.29, 0.717) is 0 Å². The largest absolute Gasteiger partial charge is 0.396 e. The number of carbonyl (C=O) groups is 1. The number of nitrogens with one attached hydrogen (secondary N) is 2. The average Bonchev–Trinajstić information content (AvgIpc) is 2.30. The zero-order valence-corrected chi connectivity index (χ0v) is 10.6. The van der Waals surface area contributed by atoms with Crippen LogP contribution in [-0.4, -0.2) is 36.8 Å². The molecule has 4 heteroatoms. The molecule has 4 nitrogen and oxygen atoms in total. The molecule has 0 aliphatic rings. The van der Waals surface area contributed by atoms with Crippen molar-refractivity contribution < 1.29 is 9.90 Å². The van der Waals surface area contributed by atoms with Crippen molar-refractivity contribution in [3.05, 3.63) is 0 Å². The lowest BCUT2D eigenvalue weighted by atomic mass is 10.2. The van der Waals surface area contributed by atoms with Crippen LogP contribution in [0.5, 0.6) is 0 Å². The summed E-state index contributed by atoms with van der Waals surface area (Å²) in [6.45, 7) is 5.83. The Morgan fingerprint density at radius 3 is 2.50 bits per heavy atom. The van der Waals surface area contributed by atoms with Crippen LogP contribution < -0.4 is 10.6 Å². The summed E-state index contributed by atoms with van der Waals surface area (Å²) in [7, 11) is 0. The number of hydrogen-bond donors (Lipinski definition) is 3. The molecule has 0 aliphatic carbocycles. The molecule has 0 aliphatic heterocycles. The number of hydrogen-bond acceptors (Lipinski definition) is 3. The molecule has 1 unspecified atom stereocenters. The van der Waals surface area contributed by atoms with Crippen LogP contribution in [-0.2, 0) is 4.79 Å². The highest BCUT2D eigenvalue weighted by Crippen LogP contribution is 1.98. The first-order chi connectivity index (χ1) is 7.72. The predicted octanol–water partition coefficient (Wildman–Crippen LogP) is 1.04. The van der Waals surface area contributed by atoms with E-state index < -0.39 is 0 Å². The van der Waals surface area contributed by atoms with E-state index in [1.165, 1.54) is 0 Å². The maximum absolute atomic E-state index is 11.5. The summed E-state index contributed by atoms with van der Waals surface area (Å²) in [6, 6.07) is -0.107. The van der Waals surface area contributed by atoms with Crippen molar-refractivity contribution in [2.24, 2.45) is 0 Å². The Balaban J connectivity index is 3.35. The normalized spacial score (nSPS) is 12.4. The Morgan fingerprint density at radius 1 is 1.19 bits per heavy atom. The standard InChI is InChI=1S/C12H26N2O2/c1-3-8-14-12(16)11(2)13-9-6-4-5-7-10-15/h11,13,15H,3-10H2,1-2H3,(H,14,16). The van der Waals surface area contributed by atoms with Gasteiger partial charge in [-0.25, -0.2) is 0 Å². The minimum atomic E-state index is -0.107. The van der Waals surface area contributed by atoms with Crippen molar-refractivity contribution in [2.45, 2.75) is 52.0 Å². The van der Waals surface area contributed by atoms with Gasteiger partial charge in [-0.1, -0.05) is 19.8 Å². The molecule has 96 valence electrons. The van der Waals surface area contributed by atoms with Crippen LogP contribution in [0, 0.1) is 0 Å². The van der Waals surface area contributed by atoms with Crippen molar-refractivity contribution >= 4 is 5.91 Å². The lowest BCUT2D eigenvalue weighted by Crippen LogP contribution is -2.42. The zero-order chi connectivity index (χ0) is 12.2. The number of carbonyl (C=O) groups excluding carboxylic acids is 1. The summed E-state index contributed by atoms with van der Waals surface area (Å²) in [5, 5.41) is 14.7. The molecule has 0 aromatic rings. The zero-order valence-electron chi connectivity index (χ0n) is 10.6. The summed E-state index contributed by atoms with van der Waals surface area (Å²) in [5.74, 6) is 0.0807. The molecule has 3 N–H and O–H groups in total. The molecule has 0 saturated heterocycles. The molecule has 0 heterocycles. The van der Waals surface area contributed by atoms with Crippen LogP contribution in [0.25, 0.3) is 0 Å². The molecule has 0 bridgehead atoms. The van der Waals surface area contributed by atoms with Gasteiger partial charge in [0, 0.05) is 13.2 Å². The Hall–Kier alpha value is -0.610. The van der Waals surface area contributed by atoms with Crippen LogP contribution in [0.3, 0.4) is 0 Å². The Bertz CT molecular complexity index is 174. The third-order valence-electron chi connectivity index (χ3n) is 2.48. The van der Waals surface area contributed by atoms with E-state index >= 15 is 0 Å². The predicted molar refractivity (Wildman–Crippen MR) is 66.3 cm³/mol. The summed E-state index contributed by atoms with van der Waals surface area (Å²) < 4.78 is 0. The second-order valence-corrected chi connectivity index (χ2v) is 4.10. The first-order valence-corrected chi connectivity index (χ1v) is 6.34. The second kappa shape index (κ2) is 10.9. The summed E-state index contributed by atoms with van der Waals surface area (Å²) in [4.78, 5) is 11.5. The van der Waals surface area contributed by atoms with Crippen LogP contribution in [0.4, 0.5) is 0 Å². The van der Waals surface area contributed by atoms with Crippen molar-refractivity contribution in [2.75, 3.05) is 19.7 Å². The van der Waals surface area contributed by atoms with Gasteiger partial charge in [-0.3, -0.25) is 4.79 Å². The van der Waals surface area contributed by atoms with Gasteiger partial charge in [0.2, 0.25) is 5.91 Å². The molecule has 1 atom stereocenters. The monoisotopic (exact) mass is 230 g/mol. The van der Waals surface area contributed by atoms with Gasteiger partial charge in [0.25, 0.3) is 0 Å². The number of rotatable bonds is 10. The SMILES string of the molecule is CCCNC(=O)C(C)NCCCCCCO. The van der Waals surface area contributed by atoms with Gasteiger partial charge in [0.15, 0.2) is 0 Å². The first kappa shape index (κ1) is 15.4. The third kappa shape index (κ3) is 8.68.